The smallest absolute Gasteiger partial charge is 0.345 e. The summed E-state index contributed by atoms with van der Waals surface area (Å²) in [7, 11) is 1.57. The summed E-state index contributed by atoms with van der Waals surface area (Å²) in [6.45, 7) is 1.88. The van der Waals surface area contributed by atoms with Gasteiger partial charge in [0.1, 0.15) is 11.5 Å². The summed E-state index contributed by atoms with van der Waals surface area (Å²) in [5.74, 6) is -2.16. The van der Waals surface area contributed by atoms with Crippen LogP contribution in [-0.4, -0.2) is 53.9 Å². The number of hydrogen-bond donors (Lipinski definition) is 3. The zero-order chi connectivity index (χ0) is 28.7. The Hall–Kier alpha value is -3.83. The van der Waals surface area contributed by atoms with Crippen LogP contribution in [0.2, 0.25) is 10.0 Å². The highest BCUT2D eigenvalue weighted by atomic mass is 35.5. The van der Waals surface area contributed by atoms with Crippen LogP contribution in [0.4, 0.5) is 24.7 Å². The predicted molar refractivity (Wildman–Crippen MR) is 145 cm³/mol. The lowest BCUT2D eigenvalue weighted by atomic mass is 10.0. The molecule has 0 aliphatic carbocycles. The second-order valence-corrected chi connectivity index (χ2v) is 9.06. The summed E-state index contributed by atoms with van der Waals surface area (Å²) in [4.78, 5) is 43.9. The molecule has 3 rings (SSSR count). The number of likely N-dealkylation sites (N-methyl/N-ethyl adjacent to an activating group) is 1. The van der Waals surface area contributed by atoms with E-state index >= 15 is 0 Å². The molecule has 3 N–H and O–H groups in total. The molecule has 0 unspecified atom stereocenters. The topological polar surface area (TPSA) is 103 Å². The lowest BCUT2D eigenvalue weighted by Crippen LogP contribution is -2.38. The van der Waals surface area contributed by atoms with Crippen molar-refractivity contribution < 1.29 is 27.6 Å². The molecule has 1 aromatic heterocycles. The molecule has 0 radical (unpaired) electrons. The number of rotatable bonds is 9. The fraction of sp³-hybridized carbons (Fsp3) is 0.231. The van der Waals surface area contributed by atoms with E-state index in [0.717, 1.165) is 0 Å². The summed E-state index contributed by atoms with van der Waals surface area (Å²) in [5, 5.41) is 8.55. The Balaban J connectivity index is 2.01. The van der Waals surface area contributed by atoms with Crippen LogP contribution in [-0.2, 0) is 9.59 Å². The van der Waals surface area contributed by atoms with Crippen LogP contribution >= 0.6 is 23.2 Å². The molecule has 2 aromatic carbocycles. The summed E-state index contributed by atoms with van der Waals surface area (Å²) in [6, 6.07) is 11.2. The van der Waals surface area contributed by atoms with Crippen molar-refractivity contribution in [3.63, 3.8) is 0 Å². The van der Waals surface area contributed by atoms with Gasteiger partial charge in [0.25, 0.3) is 11.8 Å². The van der Waals surface area contributed by atoms with Crippen LogP contribution in [0.5, 0.6) is 0 Å². The molecule has 0 fully saturated rings. The van der Waals surface area contributed by atoms with Crippen LogP contribution < -0.4 is 16.0 Å². The lowest BCUT2D eigenvalue weighted by molar-refractivity contribution is -0.128. The van der Waals surface area contributed by atoms with E-state index in [-0.39, 0.29) is 39.6 Å². The summed E-state index contributed by atoms with van der Waals surface area (Å²) < 4.78 is 39.0. The van der Waals surface area contributed by atoms with E-state index < -0.39 is 30.1 Å². The number of carbonyl (C=O) groups is 3. The van der Waals surface area contributed by atoms with E-state index in [0.29, 0.717) is 23.4 Å². The van der Waals surface area contributed by atoms with E-state index in [1.165, 1.54) is 29.3 Å². The number of alkyl halides is 3. The molecule has 206 valence electrons. The molecule has 0 saturated heterocycles. The Kier molecular flexibility index (Phi) is 9.76. The summed E-state index contributed by atoms with van der Waals surface area (Å²) in [5.41, 5.74) is -0.769. The minimum atomic E-state index is -4.61. The number of aromatic nitrogens is 1. The first-order valence-electron chi connectivity index (χ1n) is 11.6. The highest BCUT2D eigenvalue weighted by molar-refractivity contribution is 6.40. The van der Waals surface area contributed by atoms with Gasteiger partial charge in [-0.3, -0.25) is 14.4 Å². The first-order valence-corrected chi connectivity index (χ1v) is 12.4. The third-order valence-electron chi connectivity index (χ3n) is 5.56. The second kappa shape index (κ2) is 12.8. The number of anilines is 2. The SMILES string of the molecule is CCN(C)C(=O)CNC(=O)c1cc2ccccc2c(Cl)c1NC(=O)/C(=C/CC(F)(F)F)Nc1ncccc1Cl. The molecule has 0 spiro atoms. The van der Waals surface area contributed by atoms with Crippen LogP contribution in [0.25, 0.3) is 10.8 Å². The van der Waals surface area contributed by atoms with E-state index in [2.05, 4.69) is 20.9 Å². The summed E-state index contributed by atoms with van der Waals surface area (Å²) >= 11 is 12.6. The number of benzene rings is 2. The predicted octanol–water partition coefficient (Wildman–Crippen LogP) is 5.64. The molecular weight excluding hydrogens is 558 g/mol. The second-order valence-electron chi connectivity index (χ2n) is 8.27. The maximum Gasteiger partial charge on any atom is 0.392 e. The molecule has 1 heterocycles. The van der Waals surface area contributed by atoms with Gasteiger partial charge in [-0.25, -0.2) is 4.98 Å². The average Bonchev–Trinajstić information content (AvgIpc) is 2.90. The first-order chi connectivity index (χ1) is 18.4. The molecule has 3 amide bonds. The third kappa shape index (κ3) is 7.84. The van der Waals surface area contributed by atoms with Crippen molar-refractivity contribution in [3.8, 4) is 0 Å². The van der Waals surface area contributed by atoms with Gasteiger partial charge < -0.3 is 20.9 Å². The molecule has 39 heavy (non-hydrogen) atoms. The molecule has 3 aromatic rings. The zero-order valence-corrected chi connectivity index (χ0v) is 22.3. The number of fused-ring (bicyclic) bond motifs is 1. The van der Waals surface area contributed by atoms with E-state index in [1.807, 2.05) is 0 Å². The van der Waals surface area contributed by atoms with Gasteiger partial charge in [-0.1, -0.05) is 47.5 Å². The standard InChI is InChI=1S/C26H24Cl2F3N5O3/c1-3-36(2)20(37)14-33-24(38)17-13-15-7-4-5-8-16(15)21(28)22(17)35-25(39)19(10-11-26(29,30)31)34-23-18(27)9-6-12-32-23/h4-10,12-13H,3,11,14H2,1-2H3,(H,32,34)(H,33,38)(H,35,39)/b19-10-. The molecule has 0 aliphatic heterocycles. The van der Waals surface area contributed by atoms with E-state index in [4.69, 9.17) is 23.2 Å². The molecule has 0 saturated carbocycles. The van der Waals surface area contributed by atoms with E-state index in [1.54, 1.807) is 38.2 Å². The Morgan fingerprint density at radius 2 is 1.79 bits per heavy atom. The minimum absolute atomic E-state index is 0.0188. The fourth-order valence-electron chi connectivity index (χ4n) is 3.37. The van der Waals surface area contributed by atoms with Gasteiger partial charge in [0.05, 0.1) is 34.3 Å². The van der Waals surface area contributed by atoms with Crippen molar-refractivity contribution in [1.82, 2.24) is 15.2 Å². The lowest BCUT2D eigenvalue weighted by Gasteiger charge is -2.18. The number of pyridine rings is 1. The molecule has 8 nitrogen and oxygen atoms in total. The van der Waals surface area contributed by atoms with E-state index in [9.17, 15) is 27.6 Å². The molecular formula is C26H24Cl2F3N5O3. The van der Waals surface area contributed by atoms with Gasteiger partial charge in [0, 0.05) is 25.2 Å². The summed E-state index contributed by atoms with van der Waals surface area (Å²) in [6.07, 6.45) is -4.06. The fourth-order valence-corrected chi connectivity index (χ4v) is 3.86. The van der Waals surface area contributed by atoms with Crippen LogP contribution in [0.3, 0.4) is 0 Å². The zero-order valence-electron chi connectivity index (χ0n) is 20.8. The molecule has 0 bridgehead atoms. The van der Waals surface area contributed by atoms with Crippen molar-refractivity contribution in [2.75, 3.05) is 30.8 Å². The van der Waals surface area contributed by atoms with Gasteiger partial charge in [-0.05, 0) is 36.6 Å². The Labute approximate surface area is 232 Å². The first kappa shape index (κ1) is 29.7. The van der Waals surface area contributed by atoms with Crippen molar-refractivity contribution in [2.45, 2.75) is 19.5 Å². The van der Waals surface area contributed by atoms with Gasteiger partial charge in [0.15, 0.2) is 0 Å². The number of carbonyl (C=O) groups excluding carboxylic acids is 3. The highest BCUT2D eigenvalue weighted by Crippen LogP contribution is 2.35. The Bertz CT molecular complexity index is 1430. The van der Waals surface area contributed by atoms with Crippen molar-refractivity contribution in [2.24, 2.45) is 0 Å². The van der Waals surface area contributed by atoms with Gasteiger partial charge in [0.2, 0.25) is 5.91 Å². The van der Waals surface area contributed by atoms with Crippen LogP contribution in [0.1, 0.15) is 23.7 Å². The van der Waals surface area contributed by atoms with Crippen molar-refractivity contribution in [3.05, 3.63) is 76.0 Å². The maximum atomic E-state index is 13.3. The maximum absolute atomic E-state index is 13.3. The third-order valence-corrected chi connectivity index (χ3v) is 6.26. The highest BCUT2D eigenvalue weighted by Gasteiger charge is 2.27. The monoisotopic (exact) mass is 581 g/mol. The number of allylic oxidation sites excluding steroid dienone is 1. The number of hydrogen-bond acceptors (Lipinski definition) is 5. The number of nitrogens with one attached hydrogen (secondary N) is 3. The average molecular weight is 582 g/mol. The largest absolute Gasteiger partial charge is 0.392 e. The molecule has 0 aliphatic rings. The quantitative estimate of drug-likeness (QED) is 0.284. The van der Waals surface area contributed by atoms with Crippen LogP contribution in [0.15, 0.2) is 60.4 Å². The molecule has 13 heteroatoms. The number of nitrogens with zero attached hydrogens (tertiary/aromatic N) is 2. The number of halogens is 5. The Morgan fingerprint density at radius 3 is 2.46 bits per heavy atom. The van der Waals surface area contributed by atoms with Gasteiger partial charge in [-0.15, -0.1) is 0 Å². The van der Waals surface area contributed by atoms with Crippen molar-refractivity contribution in [1.29, 1.82) is 0 Å². The molecule has 0 atom stereocenters. The van der Waals surface area contributed by atoms with Gasteiger partial charge >= 0.3 is 6.18 Å². The minimum Gasteiger partial charge on any atom is -0.345 e. The normalized spacial score (nSPS) is 11.7. The van der Waals surface area contributed by atoms with Crippen LogP contribution in [0, 0.1) is 0 Å². The van der Waals surface area contributed by atoms with Gasteiger partial charge in [-0.2, -0.15) is 13.2 Å². The Morgan fingerprint density at radius 1 is 1.08 bits per heavy atom. The van der Waals surface area contributed by atoms with Crippen molar-refractivity contribution >= 4 is 63.2 Å². The number of amides is 3.